The first-order chi connectivity index (χ1) is 14.9. The molecule has 1 N–H and O–H groups in total. The Kier molecular flexibility index (Phi) is 8.53. The number of ether oxygens (including phenoxy) is 1. The van der Waals surface area contributed by atoms with Crippen LogP contribution in [0, 0.1) is 17.8 Å². The number of halogens is 4. The predicted octanol–water partition coefficient (Wildman–Crippen LogP) is 2.20. The minimum absolute atomic E-state index is 0.00498. The Morgan fingerprint density at radius 3 is 2.47 bits per heavy atom. The second-order valence-corrected chi connectivity index (χ2v) is 7.87. The molecular weight excluding hydrogens is 438 g/mol. The van der Waals surface area contributed by atoms with Crippen molar-refractivity contribution in [2.75, 3.05) is 33.8 Å². The Bertz CT molecular complexity index is 834. The number of likely N-dealkylation sites (N-methyl/N-ethyl adjacent to an activating group) is 1. The van der Waals surface area contributed by atoms with Gasteiger partial charge < -0.3 is 19.6 Å². The Morgan fingerprint density at radius 1 is 1.25 bits per heavy atom. The lowest BCUT2D eigenvalue weighted by atomic mass is 9.79. The van der Waals surface area contributed by atoms with Crippen LogP contribution >= 0.6 is 0 Å². The highest BCUT2D eigenvalue weighted by Gasteiger charge is 2.42. The molecule has 8 nitrogen and oxygen atoms in total. The first-order valence-electron chi connectivity index (χ1n) is 9.92. The maximum absolute atomic E-state index is 13.3. The van der Waals surface area contributed by atoms with Gasteiger partial charge in [0, 0.05) is 50.9 Å². The van der Waals surface area contributed by atoms with Gasteiger partial charge in [0.25, 0.3) is 5.91 Å². The predicted molar refractivity (Wildman–Crippen MR) is 103 cm³/mol. The summed E-state index contributed by atoms with van der Waals surface area (Å²) < 4.78 is 50.9. The molecule has 1 unspecified atom stereocenters. The van der Waals surface area contributed by atoms with Crippen molar-refractivity contribution in [3.63, 3.8) is 0 Å². The number of carboxylic acids is 1. The molecule has 1 saturated heterocycles. The number of hydrogen-bond acceptors (Lipinski definition) is 5. The zero-order valence-corrected chi connectivity index (χ0v) is 17.6. The lowest BCUT2D eigenvalue weighted by Crippen LogP contribution is -2.37. The van der Waals surface area contributed by atoms with Gasteiger partial charge in [-0.25, -0.2) is 9.78 Å². The lowest BCUT2D eigenvalue weighted by molar-refractivity contribution is -0.192. The smallest absolute Gasteiger partial charge is 0.475 e. The van der Waals surface area contributed by atoms with Gasteiger partial charge >= 0.3 is 12.1 Å². The van der Waals surface area contributed by atoms with E-state index in [-0.39, 0.29) is 30.4 Å². The molecule has 1 aromatic rings. The minimum atomic E-state index is -5.08. The highest BCUT2D eigenvalue weighted by molar-refractivity contribution is 5.94. The largest absolute Gasteiger partial charge is 0.490 e. The summed E-state index contributed by atoms with van der Waals surface area (Å²) in [5.41, 5.74) is 0.325. The van der Waals surface area contributed by atoms with E-state index in [0.29, 0.717) is 24.6 Å². The monoisotopic (exact) mass is 463 g/mol. The number of rotatable bonds is 4. The van der Waals surface area contributed by atoms with E-state index in [0.717, 1.165) is 19.3 Å². The molecule has 0 bridgehead atoms. The fourth-order valence-corrected chi connectivity index (χ4v) is 3.82. The first kappa shape index (κ1) is 25.5. The molecule has 2 aliphatic rings. The molecule has 2 heterocycles. The van der Waals surface area contributed by atoms with Crippen LogP contribution in [0.25, 0.3) is 0 Å². The van der Waals surface area contributed by atoms with E-state index < -0.39 is 18.1 Å². The standard InChI is InChI=1S/C18H24FN3O3.C2HF3O2/c1-21(2)17(23)11-25-15-5-3-4-13-9-22(10-14(13)15)18(24)12-6-7-20-16(19)8-12;3-2(4,5)1(6)7/h6-8,13-15H,3-5,9-11H2,1-2H3;(H,6,7)/t13-,14+,15?;/m1./s1. The fourth-order valence-electron chi connectivity index (χ4n) is 3.82. The minimum Gasteiger partial charge on any atom is -0.475 e. The molecule has 178 valence electrons. The van der Waals surface area contributed by atoms with Crippen LogP contribution in [-0.2, 0) is 14.3 Å². The maximum atomic E-state index is 13.3. The van der Waals surface area contributed by atoms with E-state index >= 15 is 0 Å². The molecule has 3 atom stereocenters. The third-order valence-corrected chi connectivity index (χ3v) is 5.46. The topological polar surface area (TPSA) is 100 Å². The van der Waals surface area contributed by atoms with Crippen molar-refractivity contribution >= 4 is 17.8 Å². The van der Waals surface area contributed by atoms with Crippen molar-refractivity contribution in [2.24, 2.45) is 11.8 Å². The van der Waals surface area contributed by atoms with Crippen molar-refractivity contribution in [3.05, 3.63) is 29.8 Å². The normalized spacial score (nSPS) is 22.4. The molecule has 0 aromatic carbocycles. The number of aliphatic carboxylic acids is 1. The Hall–Kier alpha value is -2.76. The van der Waals surface area contributed by atoms with Gasteiger partial charge in [-0.3, -0.25) is 9.59 Å². The molecule has 12 heteroatoms. The molecule has 0 spiro atoms. The van der Waals surface area contributed by atoms with Crippen LogP contribution in [0.4, 0.5) is 17.6 Å². The lowest BCUT2D eigenvalue weighted by Gasteiger charge is -2.32. The SMILES string of the molecule is CN(C)C(=O)COC1CCC[C@@H]2CN(C(=O)c3ccnc(F)c3)C[C@H]12.O=C(O)C(F)(F)F. The number of carbonyl (C=O) groups is 3. The van der Waals surface area contributed by atoms with Crippen molar-refractivity contribution in [3.8, 4) is 0 Å². The number of pyridine rings is 1. The molecule has 1 aliphatic carbocycles. The van der Waals surface area contributed by atoms with Gasteiger partial charge in [-0.1, -0.05) is 6.42 Å². The second-order valence-electron chi connectivity index (χ2n) is 7.87. The summed E-state index contributed by atoms with van der Waals surface area (Å²) >= 11 is 0. The highest BCUT2D eigenvalue weighted by atomic mass is 19.4. The van der Waals surface area contributed by atoms with E-state index in [2.05, 4.69) is 4.98 Å². The van der Waals surface area contributed by atoms with Crippen molar-refractivity contribution in [1.29, 1.82) is 0 Å². The fraction of sp³-hybridized carbons (Fsp3) is 0.600. The van der Waals surface area contributed by atoms with Gasteiger partial charge in [0.2, 0.25) is 11.9 Å². The van der Waals surface area contributed by atoms with Crippen LogP contribution in [0.5, 0.6) is 0 Å². The summed E-state index contributed by atoms with van der Waals surface area (Å²) in [7, 11) is 3.42. The zero-order chi connectivity index (χ0) is 24.1. The average molecular weight is 463 g/mol. The highest BCUT2D eigenvalue weighted by Crippen LogP contribution is 2.38. The summed E-state index contributed by atoms with van der Waals surface area (Å²) in [6.45, 7) is 1.33. The molecular formula is C20H25F4N3O5. The van der Waals surface area contributed by atoms with E-state index in [4.69, 9.17) is 14.6 Å². The number of fused-ring (bicyclic) bond motifs is 1. The van der Waals surface area contributed by atoms with Crippen LogP contribution in [0.15, 0.2) is 18.3 Å². The molecule has 1 aliphatic heterocycles. The van der Waals surface area contributed by atoms with Gasteiger partial charge in [0.05, 0.1) is 6.10 Å². The average Bonchev–Trinajstić information content (AvgIpc) is 3.16. The Morgan fingerprint density at radius 2 is 1.91 bits per heavy atom. The number of hydrogen-bond donors (Lipinski definition) is 1. The van der Waals surface area contributed by atoms with Gasteiger partial charge in [0.15, 0.2) is 0 Å². The quantitative estimate of drug-likeness (QED) is 0.543. The Balaban J connectivity index is 0.000000451. The maximum Gasteiger partial charge on any atom is 0.490 e. The number of nitrogens with zero attached hydrogens (tertiary/aromatic N) is 3. The number of carboxylic acid groups (broad SMARTS) is 1. The summed E-state index contributed by atoms with van der Waals surface area (Å²) in [6, 6.07) is 2.71. The third kappa shape index (κ3) is 6.87. The van der Waals surface area contributed by atoms with Crippen molar-refractivity contribution in [2.45, 2.75) is 31.5 Å². The van der Waals surface area contributed by atoms with Crippen LogP contribution in [0.1, 0.15) is 29.6 Å². The van der Waals surface area contributed by atoms with Gasteiger partial charge in [0.1, 0.15) is 6.61 Å². The number of likely N-dealkylation sites (tertiary alicyclic amines) is 1. The van der Waals surface area contributed by atoms with E-state index in [1.807, 2.05) is 0 Å². The summed E-state index contributed by atoms with van der Waals surface area (Å²) in [5.74, 6) is -3.01. The third-order valence-electron chi connectivity index (χ3n) is 5.46. The molecule has 32 heavy (non-hydrogen) atoms. The molecule has 2 fully saturated rings. The first-order valence-corrected chi connectivity index (χ1v) is 9.92. The summed E-state index contributed by atoms with van der Waals surface area (Å²) in [6.07, 6.45) is -0.776. The molecule has 1 saturated carbocycles. The van der Waals surface area contributed by atoms with Crippen molar-refractivity contribution < 1.29 is 41.8 Å². The van der Waals surface area contributed by atoms with Crippen molar-refractivity contribution in [1.82, 2.24) is 14.8 Å². The number of aromatic nitrogens is 1. The van der Waals surface area contributed by atoms with E-state index in [1.54, 1.807) is 19.0 Å². The van der Waals surface area contributed by atoms with Gasteiger partial charge in [-0.15, -0.1) is 0 Å². The molecule has 3 rings (SSSR count). The van der Waals surface area contributed by atoms with Crippen LogP contribution in [-0.4, -0.2) is 83.7 Å². The van der Waals surface area contributed by atoms with E-state index in [9.17, 15) is 27.2 Å². The molecule has 1 aromatic heterocycles. The van der Waals surface area contributed by atoms with Gasteiger partial charge in [-0.2, -0.15) is 17.6 Å². The van der Waals surface area contributed by atoms with Crippen LogP contribution < -0.4 is 0 Å². The van der Waals surface area contributed by atoms with Crippen LogP contribution in [0.2, 0.25) is 0 Å². The number of amides is 2. The molecule has 2 amide bonds. The summed E-state index contributed by atoms with van der Waals surface area (Å²) in [5, 5.41) is 7.12. The Labute approximate surface area is 182 Å². The van der Waals surface area contributed by atoms with E-state index in [1.165, 1.54) is 23.2 Å². The molecule has 0 radical (unpaired) electrons. The zero-order valence-electron chi connectivity index (χ0n) is 17.6. The van der Waals surface area contributed by atoms with Gasteiger partial charge in [-0.05, 0) is 24.8 Å². The number of alkyl halides is 3. The van der Waals surface area contributed by atoms with Crippen LogP contribution in [0.3, 0.4) is 0 Å². The summed E-state index contributed by atoms with van der Waals surface area (Å²) in [4.78, 5) is 40.1. The number of carbonyl (C=O) groups excluding carboxylic acids is 2. The second kappa shape index (κ2) is 10.7.